The Kier molecular flexibility index (Phi) is 6.65. The van der Waals surface area contributed by atoms with Crippen molar-refractivity contribution >= 4 is 21.6 Å². The van der Waals surface area contributed by atoms with E-state index in [1.54, 1.807) is 44.3 Å². The molecule has 1 aromatic heterocycles. The summed E-state index contributed by atoms with van der Waals surface area (Å²) in [4.78, 5) is 14.5. The number of aryl methyl sites for hydroxylation is 2. The molecule has 0 aliphatic carbocycles. The SMILES string of the molecule is CCOc1ccc(S(=O)(=O)Nc2cccc(C(=O)N(C)Cc3c(C)noc3C)c2)cc1. The van der Waals surface area contributed by atoms with E-state index in [-0.39, 0.29) is 10.8 Å². The van der Waals surface area contributed by atoms with E-state index in [4.69, 9.17) is 9.26 Å². The van der Waals surface area contributed by atoms with Crippen molar-refractivity contribution in [2.45, 2.75) is 32.2 Å². The van der Waals surface area contributed by atoms with Crippen LogP contribution in [0.3, 0.4) is 0 Å². The van der Waals surface area contributed by atoms with E-state index >= 15 is 0 Å². The highest BCUT2D eigenvalue weighted by molar-refractivity contribution is 7.92. The van der Waals surface area contributed by atoms with Crippen LogP contribution in [-0.2, 0) is 16.6 Å². The van der Waals surface area contributed by atoms with Crippen LogP contribution in [0.2, 0.25) is 0 Å². The minimum absolute atomic E-state index is 0.100. The van der Waals surface area contributed by atoms with Crippen molar-refractivity contribution in [3.63, 3.8) is 0 Å². The van der Waals surface area contributed by atoms with Gasteiger partial charge in [-0.3, -0.25) is 9.52 Å². The lowest BCUT2D eigenvalue weighted by Crippen LogP contribution is -2.26. The third-order valence-electron chi connectivity index (χ3n) is 4.73. The molecule has 0 aliphatic rings. The van der Waals surface area contributed by atoms with Crippen molar-refractivity contribution in [2.24, 2.45) is 0 Å². The number of nitrogens with zero attached hydrogens (tertiary/aromatic N) is 2. The lowest BCUT2D eigenvalue weighted by atomic mass is 10.1. The third-order valence-corrected chi connectivity index (χ3v) is 6.13. The number of nitrogens with one attached hydrogen (secondary N) is 1. The quantitative estimate of drug-likeness (QED) is 0.569. The molecular formula is C22H25N3O5S. The summed E-state index contributed by atoms with van der Waals surface area (Å²) < 4.78 is 38.4. The Labute approximate surface area is 181 Å². The van der Waals surface area contributed by atoms with E-state index in [0.29, 0.717) is 35.9 Å². The van der Waals surface area contributed by atoms with Crippen molar-refractivity contribution in [2.75, 3.05) is 18.4 Å². The average molecular weight is 444 g/mol. The maximum atomic E-state index is 12.9. The van der Waals surface area contributed by atoms with Crippen molar-refractivity contribution < 1.29 is 22.5 Å². The molecule has 0 aliphatic heterocycles. The summed E-state index contributed by atoms with van der Waals surface area (Å²) >= 11 is 0. The Morgan fingerprint density at radius 2 is 1.87 bits per heavy atom. The van der Waals surface area contributed by atoms with Gasteiger partial charge in [-0.2, -0.15) is 0 Å². The number of carbonyl (C=O) groups excluding carboxylic acids is 1. The van der Waals surface area contributed by atoms with Crippen LogP contribution < -0.4 is 9.46 Å². The first kappa shape index (κ1) is 22.4. The topological polar surface area (TPSA) is 102 Å². The molecule has 3 aromatic rings. The summed E-state index contributed by atoms with van der Waals surface area (Å²) in [6.45, 7) is 6.30. The van der Waals surface area contributed by atoms with Gasteiger partial charge in [0.25, 0.3) is 15.9 Å². The Balaban J connectivity index is 1.75. The fourth-order valence-electron chi connectivity index (χ4n) is 3.07. The van der Waals surface area contributed by atoms with Crippen LogP contribution in [0.5, 0.6) is 5.75 Å². The van der Waals surface area contributed by atoms with E-state index in [2.05, 4.69) is 9.88 Å². The Morgan fingerprint density at radius 3 is 2.48 bits per heavy atom. The van der Waals surface area contributed by atoms with Crippen molar-refractivity contribution in [3.8, 4) is 5.75 Å². The minimum atomic E-state index is -3.81. The monoisotopic (exact) mass is 443 g/mol. The van der Waals surface area contributed by atoms with E-state index < -0.39 is 10.0 Å². The normalized spacial score (nSPS) is 11.2. The van der Waals surface area contributed by atoms with Crippen molar-refractivity contribution in [3.05, 3.63) is 71.1 Å². The van der Waals surface area contributed by atoms with Gasteiger partial charge in [0.2, 0.25) is 0 Å². The van der Waals surface area contributed by atoms with E-state index in [1.165, 1.54) is 23.1 Å². The zero-order valence-electron chi connectivity index (χ0n) is 17.9. The van der Waals surface area contributed by atoms with Gasteiger partial charge >= 0.3 is 0 Å². The summed E-state index contributed by atoms with van der Waals surface area (Å²) in [6, 6.07) is 12.5. The minimum Gasteiger partial charge on any atom is -0.494 e. The van der Waals surface area contributed by atoms with Crippen LogP contribution in [-0.4, -0.2) is 38.0 Å². The number of aromatic nitrogens is 1. The third kappa shape index (κ3) is 5.24. The lowest BCUT2D eigenvalue weighted by Gasteiger charge is -2.18. The molecule has 0 saturated heterocycles. The summed E-state index contributed by atoms with van der Waals surface area (Å²) in [5.74, 6) is 1.01. The number of hydrogen-bond acceptors (Lipinski definition) is 6. The van der Waals surface area contributed by atoms with Crippen molar-refractivity contribution in [1.82, 2.24) is 10.1 Å². The van der Waals surface area contributed by atoms with Gasteiger partial charge in [0.1, 0.15) is 11.5 Å². The fourth-order valence-corrected chi connectivity index (χ4v) is 4.12. The number of sulfonamides is 1. The number of amides is 1. The smallest absolute Gasteiger partial charge is 0.261 e. The number of hydrogen-bond donors (Lipinski definition) is 1. The van der Waals surface area contributed by atoms with Crippen LogP contribution in [0.4, 0.5) is 5.69 Å². The Bertz CT molecular complexity index is 1150. The van der Waals surface area contributed by atoms with Gasteiger partial charge in [-0.25, -0.2) is 8.42 Å². The molecule has 0 radical (unpaired) electrons. The van der Waals surface area contributed by atoms with Gasteiger partial charge in [-0.05, 0) is 63.2 Å². The highest BCUT2D eigenvalue weighted by atomic mass is 32.2. The molecule has 0 unspecified atom stereocenters. The summed E-state index contributed by atoms with van der Waals surface area (Å²) in [5.41, 5.74) is 2.24. The molecule has 3 rings (SSSR count). The number of benzene rings is 2. The molecular weight excluding hydrogens is 418 g/mol. The van der Waals surface area contributed by atoms with E-state index in [9.17, 15) is 13.2 Å². The Morgan fingerprint density at radius 1 is 1.16 bits per heavy atom. The zero-order chi connectivity index (χ0) is 22.6. The predicted octanol–water partition coefficient (Wildman–Crippen LogP) is 3.76. The van der Waals surface area contributed by atoms with Gasteiger partial charge in [-0.1, -0.05) is 11.2 Å². The first-order chi connectivity index (χ1) is 14.7. The van der Waals surface area contributed by atoms with Crippen molar-refractivity contribution in [1.29, 1.82) is 0 Å². The van der Waals surface area contributed by atoms with E-state index in [0.717, 1.165) is 11.3 Å². The average Bonchev–Trinajstić information content (AvgIpc) is 3.05. The molecule has 164 valence electrons. The van der Waals surface area contributed by atoms with Crippen LogP contribution in [0.1, 0.15) is 34.3 Å². The molecule has 0 fully saturated rings. The largest absolute Gasteiger partial charge is 0.494 e. The van der Waals surface area contributed by atoms with Crippen LogP contribution >= 0.6 is 0 Å². The number of anilines is 1. The first-order valence-electron chi connectivity index (χ1n) is 9.74. The molecule has 8 nitrogen and oxygen atoms in total. The molecule has 31 heavy (non-hydrogen) atoms. The fraction of sp³-hybridized carbons (Fsp3) is 0.273. The maximum Gasteiger partial charge on any atom is 0.261 e. The summed E-state index contributed by atoms with van der Waals surface area (Å²) in [5, 5.41) is 3.90. The molecule has 0 atom stereocenters. The molecule has 0 saturated carbocycles. The Hall–Kier alpha value is -3.33. The lowest BCUT2D eigenvalue weighted by molar-refractivity contribution is 0.0784. The zero-order valence-corrected chi connectivity index (χ0v) is 18.7. The number of carbonyl (C=O) groups is 1. The van der Waals surface area contributed by atoms with Gasteiger partial charge in [0.05, 0.1) is 23.7 Å². The number of ether oxygens (including phenoxy) is 1. The van der Waals surface area contributed by atoms with Gasteiger partial charge in [-0.15, -0.1) is 0 Å². The molecule has 1 N–H and O–H groups in total. The van der Waals surface area contributed by atoms with E-state index in [1.807, 2.05) is 13.8 Å². The van der Waals surface area contributed by atoms with Gasteiger partial charge < -0.3 is 14.2 Å². The van der Waals surface area contributed by atoms with Gasteiger partial charge in [0.15, 0.2) is 0 Å². The second-order valence-corrected chi connectivity index (χ2v) is 8.74. The van der Waals surface area contributed by atoms with Crippen LogP contribution in [0, 0.1) is 13.8 Å². The van der Waals surface area contributed by atoms with Crippen LogP contribution in [0.25, 0.3) is 0 Å². The van der Waals surface area contributed by atoms with Crippen LogP contribution in [0.15, 0.2) is 57.9 Å². The molecule has 1 heterocycles. The molecule has 1 amide bonds. The summed E-state index contributed by atoms with van der Waals surface area (Å²) in [7, 11) is -2.14. The second kappa shape index (κ2) is 9.22. The molecule has 9 heteroatoms. The second-order valence-electron chi connectivity index (χ2n) is 7.05. The first-order valence-corrected chi connectivity index (χ1v) is 11.2. The molecule has 0 spiro atoms. The number of rotatable bonds is 8. The summed E-state index contributed by atoms with van der Waals surface area (Å²) in [6.07, 6.45) is 0. The van der Waals surface area contributed by atoms with Gasteiger partial charge in [0, 0.05) is 23.9 Å². The molecule has 2 aromatic carbocycles. The predicted molar refractivity (Wildman–Crippen MR) is 117 cm³/mol. The molecule has 0 bridgehead atoms. The highest BCUT2D eigenvalue weighted by Gasteiger charge is 2.19. The highest BCUT2D eigenvalue weighted by Crippen LogP contribution is 2.21. The standard InChI is InChI=1S/C22H25N3O5S/c1-5-29-19-9-11-20(12-10-19)31(27,28)24-18-8-6-7-17(13-18)22(26)25(4)14-21-15(2)23-30-16(21)3/h6-13,24H,5,14H2,1-4H3. The maximum absolute atomic E-state index is 12.9.